The summed E-state index contributed by atoms with van der Waals surface area (Å²) in [6, 6.07) is 0. The van der Waals surface area contributed by atoms with Gasteiger partial charge in [0, 0.05) is 12.8 Å². The number of allylic oxidation sites excluding steroid dienone is 12. The lowest BCUT2D eigenvalue weighted by atomic mass is 10.0. The highest BCUT2D eigenvalue weighted by atomic mass is 16.6. The predicted octanol–water partition coefficient (Wildman–Crippen LogP) is 15.3. The minimum atomic E-state index is -0.788. The Hall–Kier alpha value is -2.66. The summed E-state index contributed by atoms with van der Waals surface area (Å²) in [6.07, 6.45) is 62.7. The maximum atomic E-state index is 12.2. The molecule has 0 rings (SSSR count). The molecule has 0 aliphatic carbocycles. The number of unbranched alkanes of at least 4 members (excludes halogenated alkanes) is 22. The molecule has 1 N–H and O–H groups in total. The first kappa shape index (κ1) is 53.3. The molecule has 0 saturated carbocycles. The van der Waals surface area contributed by atoms with Crippen molar-refractivity contribution in [3.63, 3.8) is 0 Å². The largest absolute Gasteiger partial charge is 0.462 e. The highest BCUT2D eigenvalue weighted by Crippen LogP contribution is 2.14. The van der Waals surface area contributed by atoms with E-state index in [-0.39, 0.29) is 25.2 Å². The molecule has 5 heteroatoms. The van der Waals surface area contributed by atoms with E-state index in [0.29, 0.717) is 12.8 Å². The van der Waals surface area contributed by atoms with Crippen molar-refractivity contribution in [2.75, 3.05) is 13.2 Å². The van der Waals surface area contributed by atoms with Crippen molar-refractivity contribution in [1.29, 1.82) is 0 Å². The summed E-state index contributed by atoms with van der Waals surface area (Å²) in [7, 11) is 0. The summed E-state index contributed by atoms with van der Waals surface area (Å²) in [4.78, 5) is 24.4. The average molecular weight is 781 g/mol. The van der Waals surface area contributed by atoms with E-state index in [1.807, 2.05) is 0 Å². The van der Waals surface area contributed by atoms with Crippen LogP contribution in [0, 0.1) is 0 Å². The lowest BCUT2D eigenvalue weighted by Crippen LogP contribution is -2.28. The minimum Gasteiger partial charge on any atom is -0.462 e. The lowest BCUT2D eigenvalue weighted by Gasteiger charge is -2.15. The minimum absolute atomic E-state index is 0.0786. The van der Waals surface area contributed by atoms with E-state index in [9.17, 15) is 14.7 Å². The van der Waals surface area contributed by atoms with Crippen molar-refractivity contribution in [2.24, 2.45) is 0 Å². The molecule has 1 unspecified atom stereocenters. The van der Waals surface area contributed by atoms with Gasteiger partial charge in [-0.3, -0.25) is 9.59 Å². The summed E-state index contributed by atoms with van der Waals surface area (Å²) < 4.78 is 10.6. The third kappa shape index (κ3) is 44.1. The van der Waals surface area contributed by atoms with E-state index in [1.54, 1.807) is 0 Å². The summed E-state index contributed by atoms with van der Waals surface area (Å²) in [5.74, 6) is -0.619. The number of carbonyl (C=O) groups excluding carboxylic acids is 2. The first-order valence-electron chi connectivity index (χ1n) is 23.5. The van der Waals surface area contributed by atoms with Gasteiger partial charge in [0.05, 0.1) is 6.61 Å². The first-order valence-corrected chi connectivity index (χ1v) is 23.5. The fourth-order valence-corrected chi connectivity index (χ4v) is 6.46. The molecule has 322 valence electrons. The van der Waals surface area contributed by atoms with Gasteiger partial charge < -0.3 is 14.6 Å². The Bertz CT molecular complexity index is 1020. The molecule has 0 aromatic heterocycles. The number of hydrogen-bond acceptors (Lipinski definition) is 5. The second-order valence-corrected chi connectivity index (χ2v) is 15.4. The van der Waals surface area contributed by atoms with E-state index in [2.05, 4.69) is 86.8 Å². The zero-order valence-corrected chi connectivity index (χ0v) is 36.6. The number of aliphatic hydroxyl groups is 1. The van der Waals surface area contributed by atoms with Crippen LogP contribution in [0.25, 0.3) is 0 Å². The Labute approximate surface area is 346 Å². The van der Waals surface area contributed by atoms with Crippen molar-refractivity contribution in [2.45, 2.75) is 225 Å². The maximum Gasteiger partial charge on any atom is 0.306 e. The quantitative estimate of drug-likeness (QED) is 0.0379. The number of rotatable bonds is 42. The Balaban J connectivity index is 3.54. The molecule has 0 amide bonds. The number of carbonyl (C=O) groups is 2. The van der Waals surface area contributed by atoms with Crippen molar-refractivity contribution < 1.29 is 24.2 Å². The number of aliphatic hydroxyl groups excluding tert-OH is 1. The van der Waals surface area contributed by atoms with Gasteiger partial charge in [-0.25, -0.2) is 0 Å². The monoisotopic (exact) mass is 781 g/mol. The van der Waals surface area contributed by atoms with Gasteiger partial charge in [0.2, 0.25) is 0 Å². The summed E-state index contributed by atoms with van der Waals surface area (Å²) in [5, 5.41) is 9.59. The van der Waals surface area contributed by atoms with Gasteiger partial charge in [0.25, 0.3) is 0 Å². The van der Waals surface area contributed by atoms with Gasteiger partial charge in [0.1, 0.15) is 6.61 Å². The van der Waals surface area contributed by atoms with E-state index >= 15 is 0 Å². The molecule has 0 radical (unpaired) electrons. The molecule has 0 spiro atoms. The number of hydrogen-bond donors (Lipinski definition) is 1. The molecule has 1 atom stereocenters. The predicted molar refractivity (Wildman–Crippen MR) is 242 cm³/mol. The first-order chi connectivity index (χ1) is 27.6. The number of ether oxygens (including phenoxy) is 2. The molecule has 0 aromatic rings. The van der Waals surface area contributed by atoms with Gasteiger partial charge in [0.15, 0.2) is 6.10 Å². The molecular weight excluding hydrogens is 693 g/mol. The molecule has 0 aliphatic rings. The van der Waals surface area contributed by atoms with Crippen LogP contribution in [0.3, 0.4) is 0 Å². The third-order valence-corrected chi connectivity index (χ3v) is 9.98. The van der Waals surface area contributed by atoms with Crippen LogP contribution in [0.15, 0.2) is 72.9 Å². The van der Waals surface area contributed by atoms with Crippen LogP contribution in [0.5, 0.6) is 0 Å². The van der Waals surface area contributed by atoms with Gasteiger partial charge in [-0.2, -0.15) is 0 Å². The van der Waals surface area contributed by atoms with Gasteiger partial charge in [-0.1, -0.05) is 196 Å². The van der Waals surface area contributed by atoms with Crippen molar-refractivity contribution in [1.82, 2.24) is 0 Å². The van der Waals surface area contributed by atoms with Crippen molar-refractivity contribution in [3.05, 3.63) is 72.9 Å². The second-order valence-electron chi connectivity index (χ2n) is 15.4. The highest BCUT2D eigenvalue weighted by Gasteiger charge is 2.16. The molecule has 56 heavy (non-hydrogen) atoms. The zero-order chi connectivity index (χ0) is 40.7. The molecular formula is C51H88O5. The van der Waals surface area contributed by atoms with Crippen molar-refractivity contribution >= 4 is 11.9 Å². The fourth-order valence-electron chi connectivity index (χ4n) is 6.46. The van der Waals surface area contributed by atoms with E-state index < -0.39 is 6.10 Å². The summed E-state index contributed by atoms with van der Waals surface area (Å²) >= 11 is 0. The SMILES string of the molecule is CC/C=C\C/C=C\C/C=C\C/C=C\CCCCCCC(=O)OC(CO)COC(=O)CCCCCCCCCCCCCCC/C=C\C/C=C\CCCCCCC. The van der Waals surface area contributed by atoms with Crippen LogP contribution < -0.4 is 0 Å². The lowest BCUT2D eigenvalue weighted by molar-refractivity contribution is -0.161. The van der Waals surface area contributed by atoms with E-state index in [1.165, 1.54) is 109 Å². The van der Waals surface area contributed by atoms with Gasteiger partial charge in [-0.15, -0.1) is 0 Å². The molecule has 0 aromatic carbocycles. The summed E-state index contributed by atoms with van der Waals surface area (Å²) in [5.41, 5.74) is 0. The maximum absolute atomic E-state index is 12.2. The summed E-state index contributed by atoms with van der Waals surface area (Å²) in [6.45, 7) is 4.00. The Kier molecular flexibility index (Phi) is 44.5. The van der Waals surface area contributed by atoms with E-state index in [4.69, 9.17) is 9.47 Å². The molecule has 0 bridgehead atoms. The Morgan fingerprint density at radius 1 is 0.429 bits per heavy atom. The van der Waals surface area contributed by atoms with Crippen LogP contribution in [-0.2, 0) is 19.1 Å². The molecule has 0 heterocycles. The second kappa shape index (κ2) is 46.7. The fraction of sp³-hybridized carbons (Fsp3) is 0.725. The number of esters is 2. The Morgan fingerprint density at radius 2 is 0.768 bits per heavy atom. The zero-order valence-electron chi connectivity index (χ0n) is 36.6. The van der Waals surface area contributed by atoms with Gasteiger partial charge >= 0.3 is 11.9 Å². The van der Waals surface area contributed by atoms with Gasteiger partial charge in [-0.05, 0) is 83.5 Å². The van der Waals surface area contributed by atoms with Crippen LogP contribution in [0.4, 0.5) is 0 Å². The molecule has 5 nitrogen and oxygen atoms in total. The molecule has 0 saturated heterocycles. The average Bonchev–Trinajstić information content (AvgIpc) is 3.20. The topological polar surface area (TPSA) is 72.8 Å². The molecule has 0 aliphatic heterocycles. The van der Waals surface area contributed by atoms with Crippen molar-refractivity contribution in [3.8, 4) is 0 Å². The van der Waals surface area contributed by atoms with Crippen LogP contribution in [0.2, 0.25) is 0 Å². The Morgan fingerprint density at radius 3 is 1.16 bits per heavy atom. The van der Waals surface area contributed by atoms with Crippen LogP contribution >= 0.6 is 0 Å². The highest BCUT2D eigenvalue weighted by molar-refractivity contribution is 5.70. The van der Waals surface area contributed by atoms with Crippen LogP contribution in [-0.4, -0.2) is 36.4 Å². The third-order valence-electron chi connectivity index (χ3n) is 9.98. The van der Waals surface area contributed by atoms with E-state index in [0.717, 1.165) is 83.5 Å². The standard InChI is InChI=1S/C51H88O5/c1-3-5-7-9-11-13-15-17-19-21-22-23-24-25-26-27-28-30-31-33-35-37-39-41-43-45-50(53)55-48-49(47-52)56-51(54)46-44-42-40-38-36-34-32-29-20-18-16-14-12-10-8-6-4-2/h6,8,12,14-15,17-18,20-22,32,34,49,52H,3-5,7,9-11,13,16,19,23-31,33,35-48H2,1-2H3/b8-6-,14-12-,17-15-,20-18-,22-21-,34-32-. The van der Waals surface area contributed by atoms with Crippen LogP contribution in [0.1, 0.15) is 219 Å². The normalized spacial score (nSPS) is 12.8. The molecule has 0 fully saturated rings. The smallest absolute Gasteiger partial charge is 0.306 e.